The fraction of sp³-hybridized carbons (Fsp3) is 0.385. The van der Waals surface area contributed by atoms with Gasteiger partial charge in [0.1, 0.15) is 6.04 Å². The Morgan fingerprint density at radius 2 is 2.19 bits per heavy atom. The summed E-state index contributed by atoms with van der Waals surface area (Å²) in [6.07, 6.45) is -1.10. The second-order valence-corrected chi connectivity index (χ2v) is 6.80. The Morgan fingerprint density at radius 1 is 1.48 bits per heavy atom. The minimum Gasteiger partial charge on any atom is -0.480 e. The molecule has 0 radical (unpaired) electrons. The topological polar surface area (TPSA) is 119 Å². The van der Waals surface area contributed by atoms with Crippen molar-refractivity contribution < 1.29 is 23.4 Å². The summed E-state index contributed by atoms with van der Waals surface area (Å²) in [5.41, 5.74) is 0.735. The van der Waals surface area contributed by atoms with Gasteiger partial charge in [0.05, 0.1) is 23.5 Å². The molecule has 1 heterocycles. The summed E-state index contributed by atoms with van der Waals surface area (Å²) in [6.45, 7) is -0.225. The molecule has 8 heteroatoms. The van der Waals surface area contributed by atoms with E-state index in [0.29, 0.717) is 11.1 Å². The number of rotatable bonds is 4. The van der Waals surface area contributed by atoms with Gasteiger partial charge < -0.3 is 10.2 Å². The van der Waals surface area contributed by atoms with Gasteiger partial charge in [0.15, 0.2) is 0 Å². The first-order valence-electron chi connectivity index (χ1n) is 6.23. The van der Waals surface area contributed by atoms with Crippen LogP contribution in [0.5, 0.6) is 0 Å². The van der Waals surface area contributed by atoms with Crippen molar-refractivity contribution in [3.05, 3.63) is 35.4 Å². The molecule has 1 aromatic carbocycles. The molecule has 0 aromatic heterocycles. The molecule has 112 valence electrons. The van der Waals surface area contributed by atoms with Gasteiger partial charge in [0, 0.05) is 13.0 Å². The third kappa shape index (κ3) is 3.39. The van der Waals surface area contributed by atoms with Crippen LogP contribution in [-0.4, -0.2) is 47.6 Å². The van der Waals surface area contributed by atoms with Crippen molar-refractivity contribution in [1.82, 2.24) is 4.31 Å². The zero-order valence-corrected chi connectivity index (χ0v) is 11.8. The standard InChI is InChI=1S/C13H14N2O5S/c14-6-9-2-1-3-10(4-9)8-21(19,20)15-7-11(16)5-12(15)13(17)18/h1-4,11-12,16H,5,7-8H2,(H,17,18). The molecule has 0 saturated carbocycles. The number of β-amino-alcohol motifs (C(OH)–C–C–N with tert-alkyl or cyclic N) is 1. The lowest BCUT2D eigenvalue weighted by molar-refractivity contribution is -0.140. The number of aliphatic hydroxyl groups is 1. The summed E-state index contributed by atoms with van der Waals surface area (Å²) in [5.74, 6) is -1.68. The quantitative estimate of drug-likeness (QED) is 0.802. The van der Waals surface area contributed by atoms with Crippen molar-refractivity contribution in [2.45, 2.75) is 24.3 Å². The number of nitriles is 1. The van der Waals surface area contributed by atoms with Gasteiger partial charge in [-0.15, -0.1) is 0 Å². The van der Waals surface area contributed by atoms with E-state index in [4.69, 9.17) is 10.4 Å². The first-order valence-corrected chi connectivity index (χ1v) is 7.84. The van der Waals surface area contributed by atoms with Crippen LogP contribution in [0.4, 0.5) is 0 Å². The molecule has 2 N–H and O–H groups in total. The zero-order valence-electron chi connectivity index (χ0n) is 11.0. The lowest BCUT2D eigenvalue weighted by Gasteiger charge is -2.20. The van der Waals surface area contributed by atoms with Gasteiger partial charge in [-0.25, -0.2) is 8.42 Å². The van der Waals surface area contributed by atoms with Crippen LogP contribution in [0.3, 0.4) is 0 Å². The van der Waals surface area contributed by atoms with Crippen molar-refractivity contribution in [1.29, 1.82) is 5.26 Å². The molecular weight excluding hydrogens is 296 g/mol. The van der Waals surface area contributed by atoms with Gasteiger partial charge in [-0.1, -0.05) is 12.1 Å². The highest BCUT2D eigenvalue weighted by atomic mass is 32.2. The summed E-state index contributed by atoms with van der Waals surface area (Å²) < 4.78 is 25.5. The molecule has 1 aliphatic rings. The van der Waals surface area contributed by atoms with Crippen LogP contribution >= 0.6 is 0 Å². The minimum absolute atomic E-state index is 0.118. The lowest BCUT2D eigenvalue weighted by Crippen LogP contribution is -2.41. The zero-order chi connectivity index (χ0) is 15.6. The van der Waals surface area contributed by atoms with E-state index in [9.17, 15) is 18.3 Å². The highest BCUT2D eigenvalue weighted by molar-refractivity contribution is 7.88. The van der Waals surface area contributed by atoms with Gasteiger partial charge in [-0.3, -0.25) is 4.79 Å². The minimum atomic E-state index is -3.88. The number of benzene rings is 1. The lowest BCUT2D eigenvalue weighted by atomic mass is 10.2. The summed E-state index contributed by atoms with van der Waals surface area (Å²) in [7, 11) is -3.88. The van der Waals surface area contributed by atoms with Crippen molar-refractivity contribution in [3.63, 3.8) is 0 Å². The highest BCUT2D eigenvalue weighted by Crippen LogP contribution is 2.24. The normalized spacial score (nSPS) is 22.9. The Kier molecular flexibility index (Phi) is 4.27. The van der Waals surface area contributed by atoms with Crippen LogP contribution in [-0.2, 0) is 20.6 Å². The first kappa shape index (κ1) is 15.4. The molecule has 0 spiro atoms. The fourth-order valence-corrected chi connectivity index (χ4v) is 4.07. The molecule has 1 saturated heterocycles. The number of nitrogens with zero attached hydrogens (tertiary/aromatic N) is 2. The summed E-state index contributed by atoms with van der Waals surface area (Å²) in [4.78, 5) is 11.1. The number of sulfonamides is 1. The number of carboxylic acid groups (broad SMARTS) is 1. The molecule has 2 atom stereocenters. The predicted molar refractivity (Wildman–Crippen MR) is 72.5 cm³/mol. The van der Waals surface area contributed by atoms with Crippen LogP contribution in [0, 0.1) is 11.3 Å². The number of hydrogen-bond donors (Lipinski definition) is 2. The molecule has 0 bridgehead atoms. The maximum Gasteiger partial charge on any atom is 0.322 e. The Balaban J connectivity index is 2.25. The molecule has 21 heavy (non-hydrogen) atoms. The van der Waals surface area contributed by atoms with Gasteiger partial charge in [-0.2, -0.15) is 9.57 Å². The van der Waals surface area contributed by atoms with Crippen LogP contribution < -0.4 is 0 Å². The smallest absolute Gasteiger partial charge is 0.322 e. The van der Waals surface area contributed by atoms with E-state index in [1.54, 1.807) is 18.2 Å². The summed E-state index contributed by atoms with van der Waals surface area (Å²) >= 11 is 0. The second kappa shape index (κ2) is 5.81. The molecule has 1 aliphatic heterocycles. The van der Waals surface area contributed by atoms with Crippen LogP contribution in [0.15, 0.2) is 24.3 Å². The third-order valence-electron chi connectivity index (χ3n) is 3.28. The van der Waals surface area contributed by atoms with Gasteiger partial charge in [0.2, 0.25) is 10.0 Å². The van der Waals surface area contributed by atoms with Gasteiger partial charge in [0.25, 0.3) is 0 Å². The third-order valence-corrected chi connectivity index (χ3v) is 5.10. The Morgan fingerprint density at radius 3 is 2.81 bits per heavy atom. The molecule has 2 unspecified atom stereocenters. The van der Waals surface area contributed by atoms with Crippen LogP contribution in [0.1, 0.15) is 17.5 Å². The second-order valence-electron chi connectivity index (χ2n) is 4.88. The van der Waals surface area contributed by atoms with Crippen LogP contribution in [0.2, 0.25) is 0 Å². The van der Waals surface area contributed by atoms with E-state index in [0.717, 1.165) is 4.31 Å². The predicted octanol–water partition coefficient (Wildman–Crippen LogP) is -0.0921. The van der Waals surface area contributed by atoms with Gasteiger partial charge >= 0.3 is 5.97 Å². The van der Waals surface area contributed by atoms with Crippen molar-refractivity contribution in [2.75, 3.05) is 6.54 Å². The Hall–Kier alpha value is -1.95. The number of carboxylic acids is 1. The average Bonchev–Trinajstić information content (AvgIpc) is 2.82. The number of carbonyl (C=O) groups is 1. The molecule has 7 nitrogen and oxygen atoms in total. The Labute approximate surface area is 122 Å². The monoisotopic (exact) mass is 310 g/mol. The van der Waals surface area contributed by atoms with Crippen LogP contribution in [0.25, 0.3) is 0 Å². The number of hydrogen-bond acceptors (Lipinski definition) is 5. The van der Waals surface area contributed by atoms with E-state index < -0.39 is 33.9 Å². The molecule has 0 aliphatic carbocycles. The number of aliphatic carboxylic acids is 1. The molecule has 0 amide bonds. The van der Waals surface area contributed by atoms with E-state index in [2.05, 4.69) is 0 Å². The van der Waals surface area contributed by atoms with E-state index >= 15 is 0 Å². The van der Waals surface area contributed by atoms with Crippen molar-refractivity contribution in [3.8, 4) is 6.07 Å². The Bertz CT molecular complexity index is 695. The van der Waals surface area contributed by atoms with E-state index in [1.807, 2.05) is 6.07 Å². The maximum atomic E-state index is 12.3. The SMILES string of the molecule is N#Cc1cccc(CS(=O)(=O)N2CC(O)CC2C(=O)O)c1. The molecule has 2 rings (SSSR count). The van der Waals surface area contributed by atoms with Crippen molar-refractivity contribution >= 4 is 16.0 Å². The van der Waals surface area contributed by atoms with E-state index in [-0.39, 0.29) is 13.0 Å². The first-order chi connectivity index (χ1) is 9.83. The molecule has 1 fully saturated rings. The number of aliphatic hydroxyl groups excluding tert-OH is 1. The fourth-order valence-electron chi connectivity index (χ4n) is 2.34. The highest BCUT2D eigenvalue weighted by Gasteiger charge is 2.42. The van der Waals surface area contributed by atoms with Gasteiger partial charge in [-0.05, 0) is 17.7 Å². The van der Waals surface area contributed by atoms with E-state index in [1.165, 1.54) is 6.07 Å². The molecule has 1 aromatic rings. The largest absolute Gasteiger partial charge is 0.480 e. The summed E-state index contributed by atoms with van der Waals surface area (Å²) in [5, 5.41) is 27.4. The maximum absolute atomic E-state index is 12.3. The summed E-state index contributed by atoms with van der Waals surface area (Å²) in [6, 6.07) is 6.79. The molecular formula is C13H14N2O5S. The average molecular weight is 310 g/mol. The van der Waals surface area contributed by atoms with Crippen molar-refractivity contribution in [2.24, 2.45) is 0 Å².